The van der Waals surface area contributed by atoms with E-state index in [4.69, 9.17) is 11.6 Å². The van der Waals surface area contributed by atoms with Gasteiger partial charge in [-0.05, 0) is 49.2 Å². The molecule has 3 aromatic rings. The van der Waals surface area contributed by atoms with Crippen molar-refractivity contribution in [3.8, 4) is 0 Å². The Morgan fingerprint density at radius 1 is 1.22 bits per heavy atom. The topological polar surface area (TPSA) is 118 Å². The highest BCUT2D eigenvalue weighted by Gasteiger charge is 2.34. The molecule has 2 heterocycles. The quantitative estimate of drug-likeness (QED) is 0.432. The van der Waals surface area contributed by atoms with E-state index in [1.807, 2.05) is 26.0 Å². The molecular weight excluding hydrogens is 454 g/mol. The molecule has 1 aromatic heterocycles. The van der Waals surface area contributed by atoms with Gasteiger partial charge in [-0.25, -0.2) is 0 Å². The lowest BCUT2D eigenvalue weighted by Gasteiger charge is -2.17. The minimum absolute atomic E-state index is 0.00857. The van der Waals surface area contributed by atoms with Crippen molar-refractivity contribution in [3.63, 3.8) is 0 Å². The van der Waals surface area contributed by atoms with Crippen LogP contribution < -0.4 is 10.2 Å². The van der Waals surface area contributed by atoms with Crippen molar-refractivity contribution in [3.05, 3.63) is 73.2 Å². The first kappa shape index (κ1) is 21.8. The smallest absolute Gasteiger partial charge is 0.288 e. The third kappa shape index (κ3) is 4.46. The first-order valence-electron chi connectivity index (χ1n) is 9.68. The van der Waals surface area contributed by atoms with Crippen molar-refractivity contribution in [1.29, 1.82) is 0 Å². The summed E-state index contributed by atoms with van der Waals surface area (Å²) < 4.78 is 0. The maximum absolute atomic E-state index is 12.6. The van der Waals surface area contributed by atoms with Crippen LogP contribution in [0.4, 0.5) is 16.5 Å². The van der Waals surface area contributed by atoms with Gasteiger partial charge in [0.1, 0.15) is 10.0 Å². The summed E-state index contributed by atoms with van der Waals surface area (Å²) >= 11 is 6.97. The minimum atomic E-state index is -0.652. The van der Waals surface area contributed by atoms with Gasteiger partial charge in [-0.3, -0.25) is 25.0 Å². The van der Waals surface area contributed by atoms with Crippen LogP contribution in [0.2, 0.25) is 5.02 Å². The number of nitro benzene ring substituents is 1. The Morgan fingerprint density at radius 3 is 2.62 bits per heavy atom. The SMILES string of the molecule is Cc1cc(C)cc(N2CC(c3nnc(NC(=O)c4ccc(Cl)c([N+](=O)[O-])c4)s3)CC2=O)c1. The summed E-state index contributed by atoms with van der Waals surface area (Å²) in [5.74, 6) is -0.691. The number of amides is 2. The van der Waals surface area contributed by atoms with E-state index in [9.17, 15) is 19.7 Å². The van der Waals surface area contributed by atoms with Crippen LogP contribution in [-0.4, -0.2) is 33.5 Å². The monoisotopic (exact) mass is 471 g/mol. The van der Waals surface area contributed by atoms with Gasteiger partial charge in [-0.1, -0.05) is 29.0 Å². The van der Waals surface area contributed by atoms with Crippen molar-refractivity contribution < 1.29 is 14.5 Å². The van der Waals surface area contributed by atoms with Crippen LogP contribution in [0.1, 0.15) is 38.8 Å². The minimum Gasteiger partial charge on any atom is -0.312 e. The highest BCUT2D eigenvalue weighted by Crippen LogP contribution is 2.35. The first-order valence-corrected chi connectivity index (χ1v) is 10.9. The molecule has 0 radical (unpaired) electrons. The van der Waals surface area contributed by atoms with Gasteiger partial charge in [0.25, 0.3) is 11.6 Å². The number of nitrogens with one attached hydrogen (secondary N) is 1. The van der Waals surface area contributed by atoms with Crippen LogP contribution in [-0.2, 0) is 4.79 Å². The van der Waals surface area contributed by atoms with Gasteiger partial charge in [0.05, 0.1) is 4.92 Å². The number of carbonyl (C=O) groups excluding carboxylic acids is 2. The van der Waals surface area contributed by atoms with Gasteiger partial charge in [-0.15, -0.1) is 10.2 Å². The Morgan fingerprint density at radius 2 is 1.94 bits per heavy atom. The van der Waals surface area contributed by atoms with Crippen molar-refractivity contribution in [1.82, 2.24) is 10.2 Å². The second kappa shape index (κ2) is 8.64. The maximum atomic E-state index is 12.6. The zero-order valence-corrected chi connectivity index (χ0v) is 18.7. The molecule has 164 valence electrons. The standard InChI is InChI=1S/C21H18ClN5O4S/c1-11-5-12(2)7-15(6-11)26-10-14(9-18(26)28)20-24-25-21(32-20)23-19(29)13-3-4-16(22)17(8-13)27(30)31/h3-8,14H,9-10H2,1-2H3,(H,23,25,29). The van der Waals surface area contributed by atoms with Crippen LogP contribution in [0.15, 0.2) is 36.4 Å². The largest absolute Gasteiger partial charge is 0.312 e. The molecule has 2 amide bonds. The molecule has 1 saturated heterocycles. The van der Waals surface area contributed by atoms with Crippen molar-refractivity contribution in [2.45, 2.75) is 26.2 Å². The van der Waals surface area contributed by atoms with Gasteiger partial charge in [0.15, 0.2) is 0 Å². The molecule has 1 atom stereocenters. The summed E-state index contributed by atoms with van der Waals surface area (Å²) in [6, 6.07) is 9.80. The number of anilines is 2. The van der Waals surface area contributed by atoms with Crippen LogP contribution in [0.5, 0.6) is 0 Å². The number of aryl methyl sites for hydroxylation is 2. The van der Waals surface area contributed by atoms with Crippen LogP contribution in [0.25, 0.3) is 0 Å². The van der Waals surface area contributed by atoms with Gasteiger partial charge >= 0.3 is 0 Å². The van der Waals surface area contributed by atoms with Crippen molar-refractivity contribution in [2.24, 2.45) is 0 Å². The zero-order valence-electron chi connectivity index (χ0n) is 17.2. The molecule has 1 aliphatic rings. The van der Waals surface area contributed by atoms with Gasteiger partial charge in [0.2, 0.25) is 11.0 Å². The number of nitro groups is 1. The second-order valence-corrected chi connectivity index (χ2v) is 8.99. The lowest BCUT2D eigenvalue weighted by molar-refractivity contribution is -0.384. The second-order valence-electron chi connectivity index (χ2n) is 7.57. The van der Waals surface area contributed by atoms with Crippen LogP contribution >= 0.6 is 22.9 Å². The van der Waals surface area contributed by atoms with Crippen LogP contribution in [0, 0.1) is 24.0 Å². The Labute approximate surface area is 192 Å². The lowest BCUT2D eigenvalue weighted by atomic mass is 10.1. The van der Waals surface area contributed by atoms with Crippen molar-refractivity contribution >= 4 is 51.3 Å². The summed E-state index contributed by atoms with van der Waals surface area (Å²) in [5.41, 5.74) is 2.75. The molecule has 0 aliphatic carbocycles. The van der Waals surface area contributed by atoms with Gasteiger partial charge in [0, 0.05) is 36.2 Å². The van der Waals surface area contributed by atoms with Crippen LogP contribution in [0.3, 0.4) is 0 Å². The number of rotatable bonds is 5. The molecule has 1 N–H and O–H groups in total. The molecule has 1 fully saturated rings. The van der Waals surface area contributed by atoms with E-state index in [-0.39, 0.29) is 33.2 Å². The average molecular weight is 472 g/mol. The van der Waals surface area contributed by atoms with E-state index in [0.717, 1.165) is 22.9 Å². The molecule has 0 spiro atoms. The van der Waals surface area contributed by atoms with E-state index >= 15 is 0 Å². The molecule has 9 nitrogen and oxygen atoms in total. The highest BCUT2D eigenvalue weighted by molar-refractivity contribution is 7.15. The third-order valence-corrected chi connectivity index (χ3v) is 6.38. The van der Waals surface area contributed by atoms with E-state index in [0.29, 0.717) is 18.0 Å². The number of hydrogen-bond acceptors (Lipinski definition) is 7. The number of hydrogen-bond donors (Lipinski definition) is 1. The lowest BCUT2D eigenvalue weighted by Crippen LogP contribution is -2.24. The summed E-state index contributed by atoms with van der Waals surface area (Å²) in [5, 5.41) is 22.6. The van der Waals surface area contributed by atoms with Crippen molar-refractivity contribution in [2.75, 3.05) is 16.8 Å². The molecule has 1 aliphatic heterocycles. The highest BCUT2D eigenvalue weighted by atomic mass is 35.5. The maximum Gasteiger partial charge on any atom is 0.288 e. The van der Waals surface area contributed by atoms with Gasteiger partial charge < -0.3 is 4.90 Å². The summed E-state index contributed by atoms with van der Waals surface area (Å²) in [7, 11) is 0. The predicted molar refractivity (Wildman–Crippen MR) is 122 cm³/mol. The Balaban J connectivity index is 1.47. The molecule has 32 heavy (non-hydrogen) atoms. The summed E-state index contributed by atoms with van der Waals surface area (Å²) in [6.07, 6.45) is 0.305. The average Bonchev–Trinajstić information content (AvgIpc) is 3.33. The number of aromatic nitrogens is 2. The summed E-state index contributed by atoms with van der Waals surface area (Å²) in [6.45, 7) is 4.46. The fraction of sp³-hybridized carbons (Fsp3) is 0.238. The predicted octanol–water partition coefficient (Wildman–Crippen LogP) is 4.49. The number of carbonyl (C=O) groups is 2. The zero-order chi connectivity index (χ0) is 23.0. The summed E-state index contributed by atoms with van der Waals surface area (Å²) in [4.78, 5) is 37.2. The third-order valence-electron chi connectivity index (χ3n) is 5.06. The molecule has 0 saturated carbocycles. The Kier molecular flexibility index (Phi) is 5.90. The molecular formula is C21H18ClN5O4S. The number of benzene rings is 2. The van der Waals surface area contributed by atoms with E-state index in [1.165, 1.54) is 23.5 Å². The molecule has 11 heteroatoms. The van der Waals surface area contributed by atoms with E-state index in [1.54, 1.807) is 4.90 Å². The first-order chi connectivity index (χ1) is 15.2. The molecule has 2 aromatic carbocycles. The fourth-order valence-electron chi connectivity index (χ4n) is 3.64. The number of halogens is 1. The molecule has 1 unspecified atom stereocenters. The Bertz CT molecular complexity index is 1220. The number of nitrogens with zero attached hydrogens (tertiary/aromatic N) is 4. The normalized spacial score (nSPS) is 15.8. The Hall–Kier alpha value is -3.37. The fourth-order valence-corrected chi connectivity index (χ4v) is 4.66. The molecule has 0 bridgehead atoms. The van der Waals surface area contributed by atoms with E-state index < -0.39 is 10.8 Å². The van der Waals surface area contributed by atoms with E-state index in [2.05, 4.69) is 21.6 Å². The molecule has 4 rings (SSSR count). The van der Waals surface area contributed by atoms with Gasteiger partial charge in [-0.2, -0.15) is 0 Å².